The van der Waals surface area contributed by atoms with Gasteiger partial charge in [0.2, 0.25) is 0 Å². The Bertz CT molecular complexity index is 2950. The van der Waals surface area contributed by atoms with Crippen molar-refractivity contribution in [2.45, 2.75) is 0 Å². The number of para-hydroxylation sites is 2. The van der Waals surface area contributed by atoms with Crippen LogP contribution < -0.4 is 4.90 Å². The molecule has 0 N–H and O–H groups in total. The largest absolute Gasteiger partial charge is 0.310 e. The molecule has 0 unspecified atom stereocenters. The van der Waals surface area contributed by atoms with Crippen molar-refractivity contribution in [3.05, 3.63) is 231 Å². The predicted molar refractivity (Wildman–Crippen MR) is 237 cm³/mol. The zero-order chi connectivity index (χ0) is 37.3. The first-order valence-electron chi connectivity index (χ1n) is 19.2. The fraction of sp³-hybridized carbons (Fsp3) is 0. The van der Waals surface area contributed by atoms with E-state index in [4.69, 9.17) is 0 Å². The number of benzene rings is 9. The Morgan fingerprint density at radius 1 is 0.304 bits per heavy atom. The third-order valence-corrected chi connectivity index (χ3v) is 10.8. The van der Waals surface area contributed by atoms with Crippen molar-refractivity contribution >= 4 is 38.9 Å². The number of rotatable bonds is 8. The minimum atomic E-state index is 1.10. The molecule has 0 atom stereocenters. The molecule has 1 heterocycles. The van der Waals surface area contributed by atoms with Gasteiger partial charge in [-0.15, -0.1) is 0 Å². The van der Waals surface area contributed by atoms with Gasteiger partial charge in [-0.3, -0.25) is 0 Å². The standard InChI is InChI=1S/C54H38N2/c1-5-19-39(20-6-1)46-29-13-14-30-47(46)42-25-17-28-44(37-42)55(43-26-11-4-12-27-43)52-33-18-34-53-54(52)49-31-15-16-32-51(49)56(53)45-35-36-48(40-21-7-2-8-22-40)50(38-45)41-23-9-3-10-24-41/h1-38H. The summed E-state index contributed by atoms with van der Waals surface area (Å²) in [6, 6.07) is 83.0. The van der Waals surface area contributed by atoms with E-state index in [1.165, 1.54) is 60.8 Å². The number of anilines is 3. The summed E-state index contributed by atoms with van der Waals surface area (Å²) in [5.41, 5.74) is 16.4. The van der Waals surface area contributed by atoms with Gasteiger partial charge in [0.25, 0.3) is 0 Å². The molecule has 0 amide bonds. The van der Waals surface area contributed by atoms with Crippen LogP contribution in [-0.2, 0) is 0 Å². The van der Waals surface area contributed by atoms with Gasteiger partial charge in [0.05, 0.1) is 16.7 Å². The van der Waals surface area contributed by atoms with Crippen molar-refractivity contribution in [1.82, 2.24) is 4.57 Å². The molecule has 0 saturated heterocycles. The first-order valence-corrected chi connectivity index (χ1v) is 19.2. The summed E-state index contributed by atoms with van der Waals surface area (Å²) in [6.45, 7) is 0. The van der Waals surface area contributed by atoms with Crippen LogP contribution in [0.3, 0.4) is 0 Å². The van der Waals surface area contributed by atoms with Crippen molar-refractivity contribution in [2.75, 3.05) is 4.90 Å². The van der Waals surface area contributed by atoms with Crippen LogP contribution in [0.25, 0.3) is 72.0 Å². The molecule has 0 radical (unpaired) electrons. The zero-order valence-electron chi connectivity index (χ0n) is 30.8. The Labute approximate surface area is 327 Å². The maximum atomic E-state index is 2.44. The lowest BCUT2D eigenvalue weighted by Gasteiger charge is -2.27. The molecular formula is C54H38N2. The van der Waals surface area contributed by atoms with E-state index in [1.807, 2.05) is 0 Å². The van der Waals surface area contributed by atoms with Crippen LogP contribution in [0, 0.1) is 0 Å². The summed E-state index contributed by atoms with van der Waals surface area (Å²) in [5, 5.41) is 2.41. The maximum Gasteiger partial charge on any atom is 0.0562 e. The highest BCUT2D eigenvalue weighted by Gasteiger charge is 2.22. The molecule has 10 rings (SSSR count). The van der Waals surface area contributed by atoms with Crippen molar-refractivity contribution in [2.24, 2.45) is 0 Å². The number of aromatic nitrogens is 1. The molecule has 264 valence electrons. The van der Waals surface area contributed by atoms with Crippen LogP contribution in [0.5, 0.6) is 0 Å². The number of fused-ring (bicyclic) bond motifs is 3. The zero-order valence-corrected chi connectivity index (χ0v) is 30.8. The average molecular weight is 715 g/mol. The van der Waals surface area contributed by atoms with Crippen molar-refractivity contribution in [1.29, 1.82) is 0 Å². The van der Waals surface area contributed by atoms with E-state index in [0.29, 0.717) is 0 Å². The third kappa shape index (κ3) is 5.95. The maximum absolute atomic E-state index is 2.44. The fourth-order valence-electron chi connectivity index (χ4n) is 8.28. The molecule has 2 nitrogen and oxygen atoms in total. The SMILES string of the molecule is c1ccc(-c2ccccc2-c2cccc(N(c3ccccc3)c3cccc4c3c3ccccc3n4-c3ccc(-c4ccccc4)c(-c4ccccc4)c3)c2)cc1. The van der Waals surface area contributed by atoms with Crippen molar-refractivity contribution in [3.63, 3.8) is 0 Å². The molecule has 2 heteroatoms. The second-order valence-electron chi connectivity index (χ2n) is 14.1. The molecule has 0 aliphatic heterocycles. The van der Waals surface area contributed by atoms with E-state index < -0.39 is 0 Å². The van der Waals surface area contributed by atoms with Gasteiger partial charge < -0.3 is 9.47 Å². The molecule has 9 aromatic carbocycles. The van der Waals surface area contributed by atoms with Gasteiger partial charge in [-0.25, -0.2) is 0 Å². The monoisotopic (exact) mass is 714 g/mol. The van der Waals surface area contributed by atoms with E-state index in [0.717, 1.165) is 28.3 Å². The lowest BCUT2D eigenvalue weighted by atomic mass is 9.94. The molecule has 0 fully saturated rings. The molecule has 56 heavy (non-hydrogen) atoms. The van der Waals surface area contributed by atoms with Gasteiger partial charge in [-0.05, 0) is 99.1 Å². The second kappa shape index (κ2) is 14.4. The Morgan fingerprint density at radius 3 is 1.46 bits per heavy atom. The molecule has 0 saturated carbocycles. The second-order valence-corrected chi connectivity index (χ2v) is 14.1. The number of hydrogen-bond acceptors (Lipinski definition) is 1. The van der Waals surface area contributed by atoms with Crippen LogP contribution in [-0.4, -0.2) is 4.57 Å². The van der Waals surface area contributed by atoms with Gasteiger partial charge in [-0.1, -0.05) is 176 Å². The predicted octanol–water partition coefficient (Wildman–Crippen LogP) is 14.9. The smallest absolute Gasteiger partial charge is 0.0562 e. The van der Waals surface area contributed by atoms with Crippen LogP contribution in [0.15, 0.2) is 231 Å². The highest BCUT2D eigenvalue weighted by atomic mass is 15.1. The molecule has 0 spiro atoms. The van der Waals surface area contributed by atoms with Gasteiger partial charge in [0.1, 0.15) is 0 Å². The van der Waals surface area contributed by atoms with Crippen LogP contribution >= 0.6 is 0 Å². The molecule has 10 aromatic rings. The first-order chi connectivity index (χ1) is 27.8. The summed E-state index contributed by atoms with van der Waals surface area (Å²) in [5.74, 6) is 0. The number of nitrogens with zero attached hydrogens (tertiary/aromatic N) is 2. The highest BCUT2D eigenvalue weighted by molar-refractivity contribution is 6.16. The lowest BCUT2D eigenvalue weighted by molar-refractivity contribution is 1.18. The van der Waals surface area contributed by atoms with E-state index >= 15 is 0 Å². The Balaban J connectivity index is 1.19. The van der Waals surface area contributed by atoms with Crippen molar-refractivity contribution < 1.29 is 0 Å². The molecule has 0 aliphatic carbocycles. The van der Waals surface area contributed by atoms with Crippen LogP contribution in [0.4, 0.5) is 17.1 Å². The third-order valence-electron chi connectivity index (χ3n) is 10.8. The van der Waals surface area contributed by atoms with Gasteiger partial charge >= 0.3 is 0 Å². The summed E-state index contributed by atoms with van der Waals surface area (Å²) >= 11 is 0. The normalized spacial score (nSPS) is 11.2. The molecular weight excluding hydrogens is 677 g/mol. The van der Waals surface area contributed by atoms with E-state index in [-0.39, 0.29) is 0 Å². The van der Waals surface area contributed by atoms with E-state index in [2.05, 4.69) is 240 Å². The quantitative estimate of drug-likeness (QED) is 0.152. The summed E-state index contributed by atoms with van der Waals surface area (Å²) in [4.78, 5) is 2.42. The highest BCUT2D eigenvalue weighted by Crippen LogP contribution is 2.45. The average Bonchev–Trinajstić information content (AvgIpc) is 3.63. The minimum Gasteiger partial charge on any atom is -0.310 e. The Kier molecular flexibility index (Phi) is 8.55. The first kappa shape index (κ1) is 33.2. The Morgan fingerprint density at radius 2 is 0.786 bits per heavy atom. The lowest BCUT2D eigenvalue weighted by Crippen LogP contribution is -2.10. The van der Waals surface area contributed by atoms with Gasteiger partial charge in [-0.2, -0.15) is 0 Å². The minimum absolute atomic E-state index is 1.10. The van der Waals surface area contributed by atoms with Crippen LogP contribution in [0.2, 0.25) is 0 Å². The van der Waals surface area contributed by atoms with Gasteiger partial charge in [0.15, 0.2) is 0 Å². The summed E-state index contributed by atoms with van der Waals surface area (Å²) in [6.07, 6.45) is 0. The van der Waals surface area contributed by atoms with Crippen molar-refractivity contribution in [3.8, 4) is 50.2 Å². The van der Waals surface area contributed by atoms with Crippen LogP contribution in [0.1, 0.15) is 0 Å². The molecule has 0 aliphatic rings. The Hall–Kier alpha value is -7.42. The molecule has 1 aromatic heterocycles. The molecule has 0 bridgehead atoms. The van der Waals surface area contributed by atoms with E-state index in [1.54, 1.807) is 0 Å². The van der Waals surface area contributed by atoms with E-state index in [9.17, 15) is 0 Å². The fourth-order valence-corrected chi connectivity index (χ4v) is 8.28. The van der Waals surface area contributed by atoms with Gasteiger partial charge in [0, 0.05) is 27.8 Å². The summed E-state index contributed by atoms with van der Waals surface area (Å²) < 4.78 is 2.44. The number of hydrogen-bond donors (Lipinski definition) is 0. The summed E-state index contributed by atoms with van der Waals surface area (Å²) in [7, 11) is 0. The topological polar surface area (TPSA) is 8.17 Å².